The Hall–Kier alpha value is -5.53. The third kappa shape index (κ3) is 4.06. The molecule has 8 aromatic rings. The van der Waals surface area contributed by atoms with Crippen LogP contribution in [0.15, 0.2) is 164 Å². The monoisotopic (exact) mass is 533 g/mol. The lowest BCUT2D eigenvalue weighted by Crippen LogP contribution is -1.94. The maximum Gasteiger partial charge on any atom is 0.0792 e. The van der Waals surface area contributed by atoms with Crippen molar-refractivity contribution in [2.75, 3.05) is 0 Å². The van der Waals surface area contributed by atoms with Crippen LogP contribution in [0.2, 0.25) is 0 Å². The summed E-state index contributed by atoms with van der Waals surface area (Å²) in [7, 11) is 0. The van der Waals surface area contributed by atoms with E-state index in [9.17, 15) is 0 Å². The standard InChI is InChI=1S/C41H27N/c1-2-11-28(12-3-1)30-20-23-31(24-21-30)34-15-6-7-16-35(34)40-37-18-9-8-17-36(37)39(41-38(40)19-10-26-42-41)33-25-22-29-13-4-5-14-32(29)27-33/h1-27H. The Labute approximate surface area is 245 Å². The molecule has 0 saturated carbocycles. The summed E-state index contributed by atoms with van der Waals surface area (Å²) in [5, 5.41) is 6.08. The van der Waals surface area contributed by atoms with Crippen molar-refractivity contribution in [3.05, 3.63) is 164 Å². The van der Waals surface area contributed by atoms with Crippen molar-refractivity contribution in [2.24, 2.45) is 0 Å². The highest BCUT2D eigenvalue weighted by Gasteiger charge is 2.19. The molecule has 0 amide bonds. The molecule has 0 N–H and O–H groups in total. The van der Waals surface area contributed by atoms with Gasteiger partial charge in [0, 0.05) is 17.1 Å². The van der Waals surface area contributed by atoms with Crippen molar-refractivity contribution in [2.45, 2.75) is 0 Å². The summed E-state index contributed by atoms with van der Waals surface area (Å²) >= 11 is 0. The van der Waals surface area contributed by atoms with E-state index in [4.69, 9.17) is 4.98 Å². The molecule has 0 atom stereocenters. The molecule has 7 aromatic carbocycles. The second-order valence-corrected chi connectivity index (χ2v) is 10.7. The number of benzene rings is 7. The number of hydrogen-bond donors (Lipinski definition) is 0. The van der Waals surface area contributed by atoms with E-state index < -0.39 is 0 Å². The van der Waals surface area contributed by atoms with Gasteiger partial charge in [-0.1, -0.05) is 146 Å². The molecule has 0 aliphatic heterocycles. The molecule has 196 valence electrons. The zero-order chi connectivity index (χ0) is 27.9. The Morgan fingerprint density at radius 1 is 0.333 bits per heavy atom. The van der Waals surface area contributed by atoms with Crippen molar-refractivity contribution in [1.29, 1.82) is 0 Å². The van der Waals surface area contributed by atoms with Crippen molar-refractivity contribution in [3.63, 3.8) is 0 Å². The van der Waals surface area contributed by atoms with E-state index in [1.165, 1.54) is 66.1 Å². The fraction of sp³-hybridized carbons (Fsp3) is 0. The number of fused-ring (bicyclic) bond motifs is 3. The first-order chi connectivity index (χ1) is 20.8. The third-order valence-electron chi connectivity index (χ3n) is 8.32. The molecule has 0 aliphatic carbocycles. The van der Waals surface area contributed by atoms with Crippen LogP contribution < -0.4 is 0 Å². The Balaban J connectivity index is 1.38. The number of hydrogen-bond acceptors (Lipinski definition) is 1. The van der Waals surface area contributed by atoms with Crippen LogP contribution in [0.5, 0.6) is 0 Å². The number of rotatable bonds is 4. The first kappa shape index (κ1) is 24.3. The summed E-state index contributed by atoms with van der Waals surface area (Å²) in [5.74, 6) is 0. The van der Waals surface area contributed by atoms with E-state index in [2.05, 4.69) is 158 Å². The van der Waals surface area contributed by atoms with Crippen molar-refractivity contribution < 1.29 is 0 Å². The molecule has 8 rings (SSSR count). The normalized spacial score (nSPS) is 11.3. The van der Waals surface area contributed by atoms with Crippen LogP contribution in [0, 0.1) is 0 Å². The van der Waals surface area contributed by atoms with Crippen LogP contribution in [0.4, 0.5) is 0 Å². The van der Waals surface area contributed by atoms with Gasteiger partial charge in [0.2, 0.25) is 0 Å². The average Bonchev–Trinajstić information content (AvgIpc) is 3.07. The average molecular weight is 534 g/mol. The fourth-order valence-electron chi connectivity index (χ4n) is 6.35. The highest BCUT2D eigenvalue weighted by atomic mass is 14.7. The summed E-state index contributed by atoms with van der Waals surface area (Å²) in [6.07, 6.45) is 1.92. The van der Waals surface area contributed by atoms with Gasteiger partial charge in [-0.25, -0.2) is 0 Å². The zero-order valence-electron chi connectivity index (χ0n) is 23.0. The second-order valence-electron chi connectivity index (χ2n) is 10.7. The lowest BCUT2D eigenvalue weighted by atomic mass is 9.85. The van der Waals surface area contributed by atoms with E-state index >= 15 is 0 Å². The van der Waals surface area contributed by atoms with E-state index in [1.54, 1.807) is 0 Å². The summed E-state index contributed by atoms with van der Waals surface area (Å²) in [6, 6.07) is 56.6. The smallest absolute Gasteiger partial charge is 0.0792 e. The van der Waals surface area contributed by atoms with Gasteiger partial charge >= 0.3 is 0 Å². The van der Waals surface area contributed by atoms with Crippen LogP contribution in [-0.2, 0) is 0 Å². The SMILES string of the molecule is c1ccc(-c2ccc(-c3ccccc3-c3c4ccccc4c(-c4ccc5ccccc5c4)c4ncccc34)cc2)cc1. The lowest BCUT2D eigenvalue weighted by Gasteiger charge is -2.19. The molecule has 0 spiro atoms. The predicted molar refractivity (Wildman–Crippen MR) is 178 cm³/mol. The van der Waals surface area contributed by atoms with E-state index in [-0.39, 0.29) is 0 Å². The molecule has 42 heavy (non-hydrogen) atoms. The Morgan fingerprint density at radius 3 is 1.71 bits per heavy atom. The van der Waals surface area contributed by atoms with Crippen LogP contribution in [0.3, 0.4) is 0 Å². The summed E-state index contributed by atoms with van der Waals surface area (Å²) in [5.41, 5.74) is 10.7. The van der Waals surface area contributed by atoms with Crippen LogP contribution in [-0.4, -0.2) is 4.98 Å². The van der Waals surface area contributed by atoms with Gasteiger partial charge in [0.1, 0.15) is 0 Å². The first-order valence-corrected chi connectivity index (χ1v) is 14.4. The molecular formula is C41H27N. The third-order valence-corrected chi connectivity index (χ3v) is 8.32. The van der Waals surface area contributed by atoms with Crippen LogP contribution in [0.25, 0.3) is 77.0 Å². The lowest BCUT2D eigenvalue weighted by molar-refractivity contribution is 1.42. The Morgan fingerprint density at radius 2 is 0.905 bits per heavy atom. The first-order valence-electron chi connectivity index (χ1n) is 14.4. The van der Waals surface area contributed by atoms with Gasteiger partial charge < -0.3 is 0 Å². The largest absolute Gasteiger partial charge is 0.256 e. The number of nitrogens with zero attached hydrogens (tertiary/aromatic N) is 1. The molecule has 0 radical (unpaired) electrons. The number of aromatic nitrogens is 1. The minimum absolute atomic E-state index is 1.02. The van der Waals surface area contributed by atoms with E-state index in [0.717, 1.165) is 10.9 Å². The van der Waals surface area contributed by atoms with Gasteiger partial charge in [-0.2, -0.15) is 0 Å². The van der Waals surface area contributed by atoms with Gasteiger partial charge in [-0.05, 0) is 72.6 Å². The molecular weight excluding hydrogens is 506 g/mol. The minimum Gasteiger partial charge on any atom is -0.256 e. The molecule has 0 aliphatic rings. The molecule has 1 heteroatoms. The van der Waals surface area contributed by atoms with Crippen molar-refractivity contribution >= 4 is 32.4 Å². The van der Waals surface area contributed by atoms with Crippen LogP contribution in [0.1, 0.15) is 0 Å². The topological polar surface area (TPSA) is 12.9 Å². The zero-order valence-corrected chi connectivity index (χ0v) is 23.0. The van der Waals surface area contributed by atoms with Gasteiger partial charge in [-0.15, -0.1) is 0 Å². The predicted octanol–water partition coefficient (Wildman–Crippen LogP) is 11.2. The number of pyridine rings is 1. The maximum atomic E-state index is 5.02. The molecule has 0 unspecified atom stereocenters. The second kappa shape index (κ2) is 10.1. The highest BCUT2D eigenvalue weighted by molar-refractivity contribution is 6.21. The highest BCUT2D eigenvalue weighted by Crippen LogP contribution is 2.45. The van der Waals surface area contributed by atoms with Gasteiger partial charge in [0.15, 0.2) is 0 Å². The molecule has 0 fully saturated rings. The molecule has 1 nitrogen and oxygen atoms in total. The summed E-state index contributed by atoms with van der Waals surface area (Å²) < 4.78 is 0. The van der Waals surface area contributed by atoms with E-state index in [0.29, 0.717) is 0 Å². The van der Waals surface area contributed by atoms with E-state index in [1.807, 2.05) is 6.20 Å². The molecule has 0 saturated heterocycles. The van der Waals surface area contributed by atoms with Gasteiger partial charge in [0.25, 0.3) is 0 Å². The fourth-order valence-corrected chi connectivity index (χ4v) is 6.35. The molecule has 0 bridgehead atoms. The summed E-state index contributed by atoms with van der Waals surface area (Å²) in [4.78, 5) is 5.02. The van der Waals surface area contributed by atoms with Gasteiger partial charge in [0.05, 0.1) is 5.52 Å². The summed E-state index contributed by atoms with van der Waals surface area (Å²) in [6.45, 7) is 0. The quantitative estimate of drug-likeness (QED) is 0.205. The van der Waals surface area contributed by atoms with Crippen molar-refractivity contribution in [1.82, 2.24) is 4.98 Å². The Bertz CT molecular complexity index is 2170. The molecule has 1 aromatic heterocycles. The minimum atomic E-state index is 1.02. The maximum absolute atomic E-state index is 5.02. The van der Waals surface area contributed by atoms with Gasteiger partial charge in [-0.3, -0.25) is 4.98 Å². The van der Waals surface area contributed by atoms with Crippen LogP contribution >= 0.6 is 0 Å². The molecule has 1 heterocycles. The Kier molecular flexibility index (Phi) is 5.86. The van der Waals surface area contributed by atoms with Crippen molar-refractivity contribution in [3.8, 4) is 44.5 Å².